The van der Waals surface area contributed by atoms with Gasteiger partial charge in [-0.15, -0.1) is 0 Å². The number of pyridine rings is 1. The Bertz CT molecular complexity index is 361. The molecule has 0 amide bonds. The second kappa shape index (κ2) is 6.43. The average molecular weight is 266 g/mol. The van der Waals surface area contributed by atoms with Crippen LogP contribution in [0.4, 0.5) is 0 Å². The van der Waals surface area contributed by atoms with Crippen LogP contribution in [0.3, 0.4) is 0 Å². The van der Waals surface area contributed by atoms with E-state index >= 15 is 0 Å². The van der Waals surface area contributed by atoms with Crippen LogP contribution in [-0.2, 0) is 6.54 Å². The van der Waals surface area contributed by atoms with Crippen LogP contribution in [0.1, 0.15) is 37.8 Å². The van der Waals surface area contributed by atoms with Gasteiger partial charge in [-0.2, -0.15) is 11.8 Å². The van der Waals surface area contributed by atoms with Crippen molar-refractivity contribution < 1.29 is 5.11 Å². The fourth-order valence-electron chi connectivity index (χ4n) is 2.59. The molecule has 1 fully saturated rings. The Morgan fingerprint density at radius 2 is 2.11 bits per heavy atom. The van der Waals surface area contributed by atoms with Gasteiger partial charge in [-0.1, -0.05) is 19.3 Å². The lowest BCUT2D eigenvalue weighted by Crippen LogP contribution is -2.39. The molecule has 1 heterocycles. The first-order valence-corrected chi connectivity index (χ1v) is 7.86. The Kier molecular flexibility index (Phi) is 4.89. The van der Waals surface area contributed by atoms with Gasteiger partial charge in [0.1, 0.15) is 5.75 Å². The van der Waals surface area contributed by atoms with Crippen molar-refractivity contribution in [2.75, 3.05) is 12.8 Å². The van der Waals surface area contributed by atoms with E-state index in [1.54, 1.807) is 6.07 Å². The van der Waals surface area contributed by atoms with E-state index in [2.05, 4.69) is 16.6 Å². The molecule has 1 aromatic rings. The first-order valence-electron chi connectivity index (χ1n) is 6.64. The maximum absolute atomic E-state index is 9.18. The van der Waals surface area contributed by atoms with Gasteiger partial charge in [0.25, 0.3) is 0 Å². The monoisotopic (exact) mass is 266 g/mol. The molecule has 1 aliphatic rings. The number of aromatic nitrogens is 1. The Morgan fingerprint density at radius 1 is 1.33 bits per heavy atom. The summed E-state index contributed by atoms with van der Waals surface area (Å²) >= 11 is 2.01. The third-order valence-corrected chi connectivity index (χ3v) is 5.18. The van der Waals surface area contributed by atoms with Gasteiger partial charge < -0.3 is 10.4 Å². The van der Waals surface area contributed by atoms with Gasteiger partial charge in [0.05, 0.1) is 11.9 Å². The fourth-order valence-corrected chi connectivity index (χ4v) is 3.53. The van der Waals surface area contributed by atoms with Crippen LogP contribution in [-0.4, -0.2) is 27.6 Å². The lowest BCUT2D eigenvalue weighted by Gasteiger charge is -2.36. The van der Waals surface area contributed by atoms with Crippen LogP contribution in [0.25, 0.3) is 0 Å². The molecule has 2 rings (SSSR count). The lowest BCUT2D eigenvalue weighted by molar-refractivity contribution is 0.378. The average Bonchev–Trinajstić information content (AvgIpc) is 2.42. The molecule has 1 saturated carbocycles. The molecule has 18 heavy (non-hydrogen) atoms. The third kappa shape index (κ3) is 3.62. The maximum atomic E-state index is 9.18. The highest BCUT2D eigenvalue weighted by molar-refractivity contribution is 8.00. The van der Waals surface area contributed by atoms with Crippen molar-refractivity contribution in [1.82, 2.24) is 10.3 Å². The molecule has 4 heteroatoms. The molecule has 0 unspecified atom stereocenters. The zero-order valence-corrected chi connectivity index (χ0v) is 11.8. The molecule has 0 radical (unpaired) electrons. The Morgan fingerprint density at radius 3 is 2.72 bits per heavy atom. The van der Waals surface area contributed by atoms with Crippen molar-refractivity contribution in [2.24, 2.45) is 0 Å². The summed E-state index contributed by atoms with van der Waals surface area (Å²) in [6.07, 6.45) is 10.5. The number of nitrogens with one attached hydrogen (secondary N) is 1. The molecule has 1 aromatic heterocycles. The van der Waals surface area contributed by atoms with Crippen LogP contribution in [0.15, 0.2) is 18.3 Å². The highest BCUT2D eigenvalue weighted by Gasteiger charge is 2.30. The van der Waals surface area contributed by atoms with Gasteiger partial charge in [0, 0.05) is 17.8 Å². The molecule has 0 aromatic carbocycles. The second-order valence-electron chi connectivity index (χ2n) is 5.06. The minimum absolute atomic E-state index is 0.228. The van der Waals surface area contributed by atoms with E-state index < -0.39 is 0 Å². The third-order valence-electron chi connectivity index (χ3n) is 3.76. The van der Waals surface area contributed by atoms with Crippen LogP contribution in [0.2, 0.25) is 0 Å². The quantitative estimate of drug-likeness (QED) is 0.860. The predicted molar refractivity (Wildman–Crippen MR) is 76.9 cm³/mol. The second-order valence-corrected chi connectivity index (χ2v) is 6.33. The smallest absolute Gasteiger partial charge is 0.133 e. The number of aromatic hydroxyl groups is 1. The fraction of sp³-hybridized carbons (Fsp3) is 0.643. The van der Waals surface area contributed by atoms with Gasteiger partial charge in [-0.25, -0.2) is 0 Å². The maximum Gasteiger partial charge on any atom is 0.133 e. The summed E-state index contributed by atoms with van der Waals surface area (Å²) in [5, 5.41) is 12.7. The molecule has 0 atom stereocenters. The molecule has 0 saturated heterocycles. The van der Waals surface area contributed by atoms with E-state index in [9.17, 15) is 5.11 Å². The number of thioether (sulfide) groups is 1. The zero-order valence-electron chi connectivity index (χ0n) is 11.0. The molecule has 100 valence electrons. The van der Waals surface area contributed by atoms with Gasteiger partial charge in [-0.3, -0.25) is 4.98 Å². The summed E-state index contributed by atoms with van der Waals surface area (Å²) in [6, 6.07) is 3.56. The van der Waals surface area contributed by atoms with Crippen LogP contribution in [0.5, 0.6) is 5.75 Å². The summed E-state index contributed by atoms with van der Waals surface area (Å²) in [4.78, 5) is 4.19. The highest BCUT2D eigenvalue weighted by atomic mass is 32.2. The van der Waals surface area contributed by atoms with Crippen molar-refractivity contribution in [2.45, 2.75) is 43.4 Å². The van der Waals surface area contributed by atoms with E-state index in [1.807, 2.05) is 17.8 Å². The van der Waals surface area contributed by atoms with E-state index in [4.69, 9.17) is 0 Å². The molecular weight excluding hydrogens is 244 g/mol. The van der Waals surface area contributed by atoms with Crippen molar-refractivity contribution in [1.29, 1.82) is 0 Å². The molecule has 1 aliphatic carbocycles. The first-order chi connectivity index (χ1) is 8.74. The number of rotatable bonds is 5. The zero-order chi connectivity index (χ0) is 12.8. The number of hydrogen-bond donors (Lipinski definition) is 2. The molecular formula is C14H22N2OS. The summed E-state index contributed by atoms with van der Waals surface area (Å²) in [5.74, 6) is 0.228. The van der Waals surface area contributed by atoms with E-state index in [0.717, 1.165) is 18.8 Å². The Labute approximate surface area is 113 Å². The standard InChI is InChI=1S/C14H22N2OS/c1-18-14(7-3-2-4-8-14)11-15-9-12-5-6-13(17)10-16-12/h5-6,10,15,17H,2-4,7-9,11H2,1H3. The number of hydrogen-bond acceptors (Lipinski definition) is 4. The van der Waals surface area contributed by atoms with E-state index in [0.29, 0.717) is 4.75 Å². The molecule has 0 bridgehead atoms. The van der Waals surface area contributed by atoms with E-state index in [1.165, 1.54) is 38.3 Å². The van der Waals surface area contributed by atoms with Gasteiger partial charge in [0.2, 0.25) is 0 Å². The summed E-state index contributed by atoms with van der Waals surface area (Å²) in [7, 11) is 0. The Hall–Kier alpha value is -0.740. The van der Waals surface area contributed by atoms with Crippen LogP contribution < -0.4 is 5.32 Å². The largest absolute Gasteiger partial charge is 0.506 e. The normalized spacial score (nSPS) is 18.7. The molecule has 0 spiro atoms. The summed E-state index contributed by atoms with van der Waals surface area (Å²) < 4.78 is 0.426. The minimum atomic E-state index is 0.228. The SMILES string of the molecule is CSC1(CNCc2ccc(O)cn2)CCCCC1. The van der Waals surface area contributed by atoms with Crippen molar-refractivity contribution in [3.05, 3.63) is 24.0 Å². The van der Waals surface area contributed by atoms with Gasteiger partial charge in [-0.05, 0) is 31.2 Å². The van der Waals surface area contributed by atoms with Crippen LogP contribution in [0, 0.1) is 0 Å². The predicted octanol–water partition coefficient (Wildman–Crippen LogP) is 2.94. The van der Waals surface area contributed by atoms with Crippen molar-refractivity contribution >= 4 is 11.8 Å². The lowest BCUT2D eigenvalue weighted by atomic mass is 9.88. The topological polar surface area (TPSA) is 45.1 Å². The highest BCUT2D eigenvalue weighted by Crippen LogP contribution is 2.37. The van der Waals surface area contributed by atoms with Gasteiger partial charge >= 0.3 is 0 Å². The molecule has 2 N–H and O–H groups in total. The summed E-state index contributed by atoms with van der Waals surface area (Å²) in [6.45, 7) is 1.83. The molecule has 3 nitrogen and oxygen atoms in total. The van der Waals surface area contributed by atoms with Crippen molar-refractivity contribution in [3.8, 4) is 5.75 Å². The molecule has 0 aliphatic heterocycles. The summed E-state index contributed by atoms with van der Waals surface area (Å²) in [5.41, 5.74) is 0.986. The Balaban J connectivity index is 1.81. The minimum Gasteiger partial charge on any atom is -0.506 e. The number of nitrogens with zero attached hydrogens (tertiary/aromatic N) is 1. The van der Waals surface area contributed by atoms with Gasteiger partial charge in [0.15, 0.2) is 0 Å². The van der Waals surface area contributed by atoms with Crippen LogP contribution >= 0.6 is 11.8 Å². The van der Waals surface area contributed by atoms with Crippen molar-refractivity contribution in [3.63, 3.8) is 0 Å². The van der Waals surface area contributed by atoms with E-state index in [-0.39, 0.29) is 5.75 Å². The first kappa shape index (κ1) is 13.7.